The van der Waals surface area contributed by atoms with Gasteiger partial charge in [-0.05, 0) is 125 Å². The first-order valence-electron chi connectivity index (χ1n) is 15.2. The van der Waals surface area contributed by atoms with Crippen LogP contribution in [0, 0.1) is 23.7 Å². The lowest BCUT2D eigenvalue weighted by molar-refractivity contribution is -0.0399. The van der Waals surface area contributed by atoms with Crippen LogP contribution in [0.2, 0.25) is 5.02 Å². The molecule has 9 rings (SSSR count). The van der Waals surface area contributed by atoms with Crippen molar-refractivity contribution in [3.05, 3.63) is 113 Å². The van der Waals surface area contributed by atoms with E-state index in [2.05, 4.69) is 117 Å². The van der Waals surface area contributed by atoms with E-state index in [1.807, 2.05) is 0 Å². The summed E-state index contributed by atoms with van der Waals surface area (Å²) in [4.78, 5) is 2.38. The zero-order valence-corrected chi connectivity index (χ0v) is 24.6. The quantitative estimate of drug-likeness (QED) is 0.248. The van der Waals surface area contributed by atoms with Crippen LogP contribution in [0.25, 0.3) is 11.1 Å². The number of rotatable bonds is 3. The van der Waals surface area contributed by atoms with Crippen LogP contribution in [0.1, 0.15) is 69.6 Å². The molecule has 4 bridgehead atoms. The molecular weight excluding hydrogens is 506 g/mol. The molecule has 0 unspecified atom stereocenters. The zero-order chi connectivity index (χ0) is 27.2. The van der Waals surface area contributed by atoms with Gasteiger partial charge < -0.3 is 4.90 Å². The molecule has 4 saturated carbocycles. The number of fused-ring (bicyclic) bond motifs is 3. The van der Waals surface area contributed by atoms with Crippen LogP contribution in [-0.4, -0.2) is 0 Å². The standard InChI is InChI=1S/C38H38ClN/c1-37(2,3)26-13-15-30(16-14-26)40(29-9-5-4-6-10-29)36-23-34-32(22-35(36)39)31-11-7-8-12-33(31)38(34)27-18-24-17-25(20-27)21-28(38)19-24/h4-16,22-25,27-28H,17-21H2,1-3H3. The molecule has 202 valence electrons. The number of halogens is 1. The highest BCUT2D eigenvalue weighted by atomic mass is 35.5. The fourth-order valence-corrected chi connectivity index (χ4v) is 9.69. The molecule has 4 aromatic carbocycles. The van der Waals surface area contributed by atoms with Crippen molar-refractivity contribution in [2.75, 3.05) is 4.90 Å². The summed E-state index contributed by atoms with van der Waals surface area (Å²) in [5.41, 5.74) is 10.9. The van der Waals surface area contributed by atoms with Gasteiger partial charge in [0.1, 0.15) is 0 Å². The highest BCUT2D eigenvalue weighted by Crippen LogP contribution is 2.70. The average Bonchev–Trinajstić information content (AvgIpc) is 3.22. The first-order chi connectivity index (χ1) is 19.3. The topological polar surface area (TPSA) is 3.24 Å². The molecule has 0 radical (unpaired) electrons. The van der Waals surface area contributed by atoms with Crippen LogP contribution in [-0.2, 0) is 10.8 Å². The maximum Gasteiger partial charge on any atom is 0.0653 e. The minimum Gasteiger partial charge on any atom is -0.309 e. The second kappa shape index (κ2) is 8.73. The number of anilines is 3. The number of benzene rings is 4. The van der Waals surface area contributed by atoms with Crippen LogP contribution in [0.4, 0.5) is 17.1 Å². The predicted molar refractivity (Wildman–Crippen MR) is 168 cm³/mol. The maximum absolute atomic E-state index is 7.31. The van der Waals surface area contributed by atoms with Crippen molar-refractivity contribution in [1.82, 2.24) is 0 Å². The van der Waals surface area contributed by atoms with Gasteiger partial charge in [-0.25, -0.2) is 0 Å². The predicted octanol–water partition coefficient (Wildman–Crippen LogP) is 10.8. The Morgan fingerprint density at radius 1 is 0.650 bits per heavy atom. The van der Waals surface area contributed by atoms with Gasteiger partial charge in [0.25, 0.3) is 0 Å². The molecule has 0 aliphatic heterocycles. The molecule has 0 atom stereocenters. The van der Waals surface area contributed by atoms with Crippen molar-refractivity contribution in [2.45, 2.75) is 63.7 Å². The van der Waals surface area contributed by atoms with E-state index in [0.717, 1.165) is 45.8 Å². The summed E-state index contributed by atoms with van der Waals surface area (Å²) in [5, 5.41) is 0.818. The molecule has 2 heteroatoms. The van der Waals surface area contributed by atoms with Crippen molar-refractivity contribution in [3.63, 3.8) is 0 Å². The van der Waals surface area contributed by atoms with E-state index in [4.69, 9.17) is 11.6 Å². The van der Waals surface area contributed by atoms with Crippen LogP contribution in [0.5, 0.6) is 0 Å². The summed E-state index contributed by atoms with van der Waals surface area (Å²) in [7, 11) is 0. The molecule has 4 fully saturated rings. The molecule has 0 N–H and O–H groups in total. The number of para-hydroxylation sites is 1. The van der Waals surface area contributed by atoms with Crippen molar-refractivity contribution in [2.24, 2.45) is 23.7 Å². The van der Waals surface area contributed by atoms with E-state index >= 15 is 0 Å². The molecule has 5 aliphatic carbocycles. The Labute approximate surface area is 244 Å². The van der Waals surface area contributed by atoms with Gasteiger partial charge in [-0.15, -0.1) is 0 Å². The molecule has 5 aliphatic rings. The van der Waals surface area contributed by atoms with Crippen molar-refractivity contribution < 1.29 is 0 Å². The van der Waals surface area contributed by atoms with Crippen LogP contribution >= 0.6 is 11.6 Å². The second-order valence-corrected chi connectivity index (χ2v) is 14.4. The summed E-state index contributed by atoms with van der Waals surface area (Å²) in [6.07, 6.45) is 7.01. The second-order valence-electron chi connectivity index (χ2n) is 14.0. The van der Waals surface area contributed by atoms with Crippen molar-refractivity contribution >= 4 is 28.7 Å². The molecule has 0 saturated heterocycles. The fourth-order valence-electron chi connectivity index (χ4n) is 9.44. The van der Waals surface area contributed by atoms with Crippen LogP contribution in [0.3, 0.4) is 0 Å². The lowest BCUT2D eigenvalue weighted by atomic mass is 9.43. The Bertz CT molecular complexity index is 1570. The Morgan fingerprint density at radius 3 is 1.90 bits per heavy atom. The highest BCUT2D eigenvalue weighted by molar-refractivity contribution is 6.34. The third-order valence-electron chi connectivity index (χ3n) is 10.9. The van der Waals surface area contributed by atoms with Gasteiger partial charge in [-0.3, -0.25) is 0 Å². The maximum atomic E-state index is 7.31. The monoisotopic (exact) mass is 543 g/mol. The zero-order valence-electron chi connectivity index (χ0n) is 23.8. The molecule has 1 nitrogen and oxygen atoms in total. The van der Waals surface area contributed by atoms with E-state index in [1.54, 1.807) is 5.56 Å². The van der Waals surface area contributed by atoms with E-state index in [0.29, 0.717) is 0 Å². The molecule has 4 aromatic rings. The first kappa shape index (κ1) is 24.7. The smallest absolute Gasteiger partial charge is 0.0653 e. The van der Waals surface area contributed by atoms with Crippen LogP contribution in [0.15, 0.2) is 91.0 Å². The fraction of sp³-hybridized carbons (Fsp3) is 0.368. The number of hydrogen-bond acceptors (Lipinski definition) is 1. The van der Waals surface area contributed by atoms with E-state index in [9.17, 15) is 0 Å². The van der Waals surface area contributed by atoms with Crippen molar-refractivity contribution in [1.29, 1.82) is 0 Å². The molecular formula is C38H38ClN. The third kappa shape index (κ3) is 3.46. The first-order valence-corrected chi connectivity index (χ1v) is 15.6. The van der Waals surface area contributed by atoms with Gasteiger partial charge in [0.05, 0.1) is 10.7 Å². The number of hydrogen-bond donors (Lipinski definition) is 0. The Kier molecular flexibility index (Phi) is 5.40. The average molecular weight is 544 g/mol. The Hall–Kier alpha value is -3.03. The number of nitrogens with zero attached hydrogens (tertiary/aromatic N) is 1. The molecule has 0 amide bonds. The Balaban J connectivity index is 1.34. The lowest BCUT2D eigenvalue weighted by Gasteiger charge is -2.61. The minimum absolute atomic E-state index is 0.110. The van der Waals surface area contributed by atoms with Gasteiger partial charge >= 0.3 is 0 Å². The van der Waals surface area contributed by atoms with E-state index in [-0.39, 0.29) is 10.8 Å². The molecule has 40 heavy (non-hydrogen) atoms. The minimum atomic E-state index is 0.110. The molecule has 1 spiro atoms. The van der Waals surface area contributed by atoms with Gasteiger partial charge in [-0.2, -0.15) is 0 Å². The normalized spacial score (nSPS) is 27.6. The third-order valence-corrected chi connectivity index (χ3v) is 11.2. The summed E-state index contributed by atoms with van der Waals surface area (Å²) in [6.45, 7) is 6.82. The Morgan fingerprint density at radius 2 is 1.25 bits per heavy atom. The lowest BCUT2D eigenvalue weighted by Crippen LogP contribution is -2.55. The summed E-state index contributed by atoms with van der Waals surface area (Å²) < 4.78 is 0. The summed E-state index contributed by atoms with van der Waals surface area (Å²) >= 11 is 7.31. The van der Waals surface area contributed by atoms with E-state index in [1.165, 1.54) is 54.4 Å². The largest absolute Gasteiger partial charge is 0.309 e. The van der Waals surface area contributed by atoms with Crippen LogP contribution < -0.4 is 4.90 Å². The summed E-state index contributed by atoms with van der Waals surface area (Å²) in [5.74, 6) is 3.32. The van der Waals surface area contributed by atoms with Gasteiger partial charge in [0, 0.05) is 16.8 Å². The molecule has 0 aromatic heterocycles. The van der Waals surface area contributed by atoms with Crippen molar-refractivity contribution in [3.8, 4) is 11.1 Å². The van der Waals surface area contributed by atoms with Gasteiger partial charge in [0.15, 0.2) is 0 Å². The van der Waals surface area contributed by atoms with Gasteiger partial charge in [-0.1, -0.05) is 87.0 Å². The SMILES string of the molecule is CC(C)(C)c1ccc(N(c2ccccc2)c2cc3c(cc2Cl)-c2ccccc2C32C3CC4CC(C3)CC2C4)cc1. The van der Waals surface area contributed by atoms with E-state index < -0.39 is 0 Å². The summed E-state index contributed by atoms with van der Waals surface area (Å²) in [6, 6.07) is 33.9. The molecule has 0 heterocycles. The highest BCUT2D eigenvalue weighted by Gasteiger charge is 2.61. The van der Waals surface area contributed by atoms with Gasteiger partial charge in [0.2, 0.25) is 0 Å².